The molecule has 0 atom stereocenters. The van der Waals surface area contributed by atoms with E-state index in [9.17, 15) is 23.3 Å². The van der Waals surface area contributed by atoms with Gasteiger partial charge in [0.05, 0.1) is 35.4 Å². The normalized spacial score (nSPS) is 11.0. The third-order valence-electron chi connectivity index (χ3n) is 5.17. The molecule has 3 rings (SSSR count). The maximum absolute atomic E-state index is 13.7. The van der Waals surface area contributed by atoms with Crippen LogP contribution < -0.4 is 19.1 Å². The number of nitrogens with one attached hydrogen (secondary N) is 1. The second-order valence-corrected chi connectivity index (χ2v) is 9.55. The summed E-state index contributed by atoms with van der Waals surface area (Å²) >= 11 is 0. The Hall–Kier alpha value is -4.12. The number of nitrogens with zero attached hydrogens (tertiary/aromatic N) is 2. The van der Waals surface area contributed by atoms with Crippen molar-refractivity contribution in [2.75, 3.05) is 30.4 Å². The summed E-state index contributed by atoms with van der Waals surface area (Å²) in [6.07, 6.45) is 0. The lowest BCUT2D eigenvalue weighted by Crippen LogP contribution is -2.38. The van der Waals surface area contributed by atoms with Crippen molar-refractivity contribution in [3.8, 4) is 11.5 Å². The van der Waals surface area contributed by atoms with Crippen molar-refractivity contribution in [3.05, 3.63) is 81.9 Å². The molecule has 0 aliphatic carbocycles. The third kappa shape index (κ3) is 5.69. The maximum Gasteiger partial charge on any atom is 0.271 e. The van der Waals surface area contributed by atoms with Crippen LogP contribution in [0.3, 0.4) is 0 Å². The molecule has 1 N–H and O–H groups in total. The smallest absolute Gasteiger partial charge is 0.271 e. The first-order valence-electron chi connectivity index (χ1n) is 10.4. The number of sulfonamides is 1. The molecule has 10 nitrogen and oxygen atoms in total. The van der Waals surface area contributed by atoms with Gasteiger partial charge in [0.15, 0.2) is 0 Å². The van der Waals surface area contributed by atoms with Gasteiger partial charge < -0.3 is 14.8 Å². The number of benzene rings is 3. The fraction of sp³-hybridized carbons (Fsp3) is 0.208. The van der Waals surface area contributed by atoms with Crippen molar-refractivity contribution >= 4 is 33.0 Å². The Kier molecular flexibility index (Phi) is 7.60. The lowest BCUT2D eigenvalue weighted by molar-refractivity contribution is -0.384. The molecule has 0 heterocycles. The molecule has 0 fully saturated rings. The van der Waals surface area contributed by atoms with Gasteiger partial charge in [-0.1, -0.05) is 23.8 Å². The monoisotopic (exact) mass is 499 g/mol. The van der Waals surface area contributed by atoms with Crippen LogP contribution in [0.4, 0.5) is 17.1 Å². The van der Waals surface area contributed by atoms with Gasteiger partial charge in [0.2, 0.25) is 5.91 Å². The van der Waals surface area contributed by atoms with E-state index in [-0.39, 0.29) is 33.5 Å². The molecule has 35 heavy (non-hydrogen) atoms. The minimum atomic E-state index is -4.19. The first kappa shape index (κ1) is 25.5. The zero-order valence-corrected chi connectivity index (χ0v) is 20.5. The van der Waals surface area contributed by atoms with E-state index >= 15 is 0 Å². The Labute approximate surface area is 203 Å². The van der Waals surface area contributed by atoms with Gasteiger partial charge in [0.1, 0.15) is 18.0 Å². The largest absolute Gasteiger partial charge is 0.495 e. The standard InChI is InChI=1S/C24H25N3O7S/c1-16-5-9-19(10-6-16)35(31,32)26(21-13-17(2)7-11-23(21)34-4)15-24(28)25-20-14-18(27(29)30)8-12-22(20)33-3/h5-14H,15H2,1-4H3,(H,25,28). The quantitative estimate of drug-likeness (QED) is 0.347. The lowest BCUT2D eigenvalue weighted by Gasteiger charge is -2.26. The second-order valence-electron chi connectivity index (χ2n) is 7.69. The Morgan fingerprint density at radius 2 is 1.54 bits per heavy atom. The van der Waals surface area contributed by atoms with Gasteiger partial charge in [-0.2, -0.15) is 0 Å². The summed E-state index contributed by atoms with van der Waals surface area (Å²) < 4.78 is 38.8. The maximum atomic E-state index is 13.7. The van der Waals surface area contributed by atoms with Crippen LogP contribution in [-0.2, 0) is 14.8 Å². The van der Waals surface area contributed by atoms with Gasteiger partial charge in [-0.3, -0.25) is 19.2 Å². The molecule has 3 aromatic carbocycles. The number of hydrogen-bond acceptors (Lipinski definition) is 7. The molecule has 0 saturated carbocycles. The molecule has 184 valence electrons. The molecule has 0 saturated heterocycles. The van der Waals surface area contributed by atoms with Crippen LogP contribution in [0.25, 0.3) is 0 Å². The SMILES string of the molecule is COc1ccc([N+](=O)[O-])cc1NC(=O)CN(c1cc(C)ccc1OC)S(=O)(=O)c1ccc(C)cc1. The van der Waals surface area contributed by atoms with E-state index in [0.717, 1.165) is 21.5 Å². The third-order valence-corrected chi connectivity index (χ3v) is 6.94. The zero-order chi connectivity index (χ0) is 25.8. The number of ether oxygens (including phenoxy) is 2. The van der Waals surface area contributed by atoms with E-state index < -0.39 is 27.4 Å². The molecule has 11 heteroatoms. The fourth-order valence-electron chi connectivity index (χ4n) is 3.36. The number of rotatable bonds is 9. The van der Waals surface area contributed by atoms with Crippen LogP contribution in [0.15, 0.2) is 65.6 Å². The Morgan fingerprint density at radius 3 is 2.14 bits per heavy atom. The molecule has 0 aromatic heterocycles. The average molecular weight is 500 g/mol. The van der Waals surface area contributed by atoms with E-state index in [2.05, 4.69) is 5.32 Å². The number of aryl methyl sites for hydroxylation is 2. The molecule has 0 unspecified atom stereocenters. The van der Waals surface area contributed by atoms with Gasteiger partial charge in [0, 0.05) is 12.1 Å². The van der Waals surface area contributed by atoms with Crippen molar-refractivity contribution in [2.45, 2.75) is 18.7 Å². The minimum Gasteiger partial charge on any atom is -0.495 e. The number of methoxy groups -OCH3 is 2. The van der Waals surface area contributed by atoms with Gasteiger partial charge in [-0.25, -0.2) is 8.42 Å². The van der Waals surface area contributed by atoms with Crippen LogP contribution in [0.2, 0.25) is 0 Å². The fourth-order valence-corrected chi connectivity index (χ4v) is 4.78. The number of non-ortho nitro benzene ring substituents is 1. The highest BCUT2D eigenvalue weighted by atomic mass is 32.2. The van der Waals surface area contributed by atoms with Crippen molar-refractivity contribution in [2.24, 2.45) is 0 Å². The molecule has 1 amide bonds. The van der Waals surface area contributed by atoms with Crippen molar-refractivity contribution in [1.29, 1.82) is 0 Å². The van der Waals surface area contributed by atoms with Crippen LogP contribution in [0.5, 0.6) is 11.5 Å². The molecule has 0 aliphatic rings. The van der Waals surface area contributed by atoms with E-state index in [0.29, 0.717) is 0 Å². The Bertz CT molecular complexity index is 1360. The number of carbonyl (C=O) groups excluding carboxylic acids is 1. The number of carbonyl (C=O) groups is 1. The van der Waals surface area contributed by atoms with Gasteiger partial charge in [-0.15, -0.1) is 0 Å². The van der Waals surface area contributed by atoms with Crippen molar-refractivity contribution in [1.82, 2.24) is 0 Å². The highest BCUT2D eigenvalue weighted by Crippen LogP contribution is 2.34. The predicted octanol–water partition coefficient (Wildman–Crippen LogP) is 4.06. The van der Waals surface area contributed by atoms with Gasteiger partial charge in [0.25, 0.3) is 15.7 Å². The summed E-state index contributed by atoms with van der Waals surface area (Å²) in [4.78, 5) is 23.6. The molecule has 0 spiro atoms. The molecule has 3 aromatic rings. The van der Waals surface area contributed by atoms with Gasteiger partial charge >= 0.3 is 0 Å². The van der Waals surface area contributed by atoms with Gasteiger partial charge in [-0.05, 0) is 49.7 Å². The molecular weight excluding hydrogens is 474 g/mol. The summed E-state index contributed by atoms with van der Waals surface area (Å²) in [6.45, 7) is 2.99. The minimum absolute atomic E-state index is 0.00705. The van der Waals surface area contributed by atoms with E-state index in [1.807, 2.05) is 6.92 Å². The van der Waals surface area contributed by atoms with Crippen molar-refractivity contribution in [3.63, 3.8) is 0 Å². The number of nitro groups is 1. The first-order valence-corrected chi connectivity index (χ1v) is 11.9. The number of amides is 1. The summed E-state index contributed by atoms with van der Waals surface area (Å²) in [7, 11) is -1.44. The van der Waals surface area contributed by atoms with E-state index in [1.54, 1.807) is 37.3 Å². The molecule has 0 aliphatic heterocycles. The number of anilines is 2. The molecule has 0 bridgehead atoms. The average Bonchev–Trinajstić information content (AvgIpc) is 2.82. The van der Waals surface area contributed by atoms with Crippen LogP contribution in [-0.4, -0.2) is 40.0 Å². The van der Waals surface area contributed by atoms with Crippen LogP contribution in [0, 0.1) is 24.0 Å². The highest BCUT2D eigenvalue weighted by molar-refractivity contribution is 7.92. The summed E-state index contributed by atoms with van der Waals surface area (Å²) in [5.41, 5.74) is 1.58. The van der Waals surface area contributed by atoms with E-state index in [4.69, 9.17) is 9.47 Å². The summed E-state index contributed by atoms with van der Waals surface area (Å²) in [5.74, 6) is -0.292. The Morgan fingerprint density at radius 1 is 0.943 bits per heavy atom. The Balaban J connectivity index is 2.05. The number of nitro benzene ring substituents is 1. The van der Waals surface area contributed by atoms with Crippen LogP contribution in [0.1, 0.15) is 11.1 Å². The summed E-state index contributed by atoms with van der Waals surface area (Å²) in [6, 6.07) is 14.9. The highest BCUT2D eigenvalue weighted by Gasteiger charge is 2.30. The topological polar surface area (TPSA) is 128 Å². The first-order chi connectivity index (χ1) is 16.6. The summed E-state index contributed by atoms with van der Waals surface area (Å²) in [5, 5.41) is 13.7. The zero-order valence-electron chi connectivity index (χ0n) is 19.6. The van der Waals surface area contributed by atoms with E-state index in [1.165, 1.54) is 38.5 Å². The van der Waals surface area contributed by atoms with Crippen LogP contribution >= 0.6 is 0 Å². The lowest BCUT2D eigenvalue weighted by atomic mass is 10.2. The second kappa shape index (κ2) is 10.4. The predicted molar refractivity (Wildman–Crippen MR) is 132 cm³/mol. The van der Waals surface area contributed by atoms with Crippen molar-refractivity contribution < 1.29 is 27.6 Å². The number of hydrogen-bond donors (Lipinski definition) is 1. The molecular formula is C24H25N3O7S. The molecule has 0 radical (unpaired) electrons.